The summed E-state index contributed by atoms with van der Waals surface area (Å²) in [6, 6.07) is 19.7. The van der Waals surface area contributed by atoms with Gasteiger partial charge in [0, 0.05) is 10.6 Å². The third-order valence-corrected chi connectivity index (χ3v) is 7.55. The van der Waals surface area contributed by atoms with Gasteiger partial charge in [0.05, 0.1) is 11.6 Å². The summed E-state index contributed by atoms with van der Waals surface area (Å²) >= 11 is 4.88. The first-order valence-corrected chi connectivity index (χ1v) is 13.3. The summed E-state index contributed by atoms with van der Waals surface area (Å²) in [5, 5.41) is 20.2. The molecule has 0 aliphatic heterocycles. The second-order valence-corrected chi connectivity index (χ2v) is 10.7. The molecule has 0 bridgehead atoms. The van der Waals surface area contributed by atoms with E-state index in [2.05, 4.69) is 26.1 Å². The highest BCUT2D eigenvalue weighted by molar-refractivity contribution is 9.10. The van der Waals surface area contributed by atoms with Crippen molar-refractivity contribution in [3.8, 4) is 17.2 Å². The number of halogens is 1. The lowest BCUT2D eigenvalue weighted by molar-refractivity contribution is -0.479. The number of nitro groups is 1. The Morgan fingerprint density at radius 3 is 2.30 bits per heavy atom. The van der Waals surface area contributed by atoms with Crippen molar-refractivity contribution in [2.75, 3.05) is 13.7 Å². The smallest absolute Gasteiger partial charge is 0.220 e. The van der Waals surface area contributed by atoms with Gasteiger partial charge in [-0.05, 0) is 72.1 Å². The molecule has 0 aliphatic carbocycles. The van der Waals surface area contributed by atoms with Gasteiger partial charge >= 0.3 is 0 Å². The van der Waals surface area contributed by atoms with Crippen LogP contribution in [0.2, 0.25) is 0 Å². The van der Waals surface area contributed by atoms with Gasteiger partial charge in [-0.2, -0.15) is 0 Å². The van der Waals surface area contributed by atoms with Crippen molar-refractivity contribution in [3.05, 3.63) is 103 Å². The van der Waals surface area contributed by atoms with Crippen LogP contribution >= 0.6 is 27.7 Å². The van der Waals surface area contributed by atoms with E-state index in [1.54, 1.807) is 13.2 Å². The number of rotatable bonds is 10. The summed E-state index contributed by atoms with van der Waals surface area (Å²) in [7, 11) is 1.55. The average molecular weight is 584 g/mol. The van der Waals surface area contributed by atoms with E-state index in [9.17, 15) is 10.1 Å². The maximum absolute atomic E-state index is 11.6. The second-order valence-electron chi connectivity index (χ2n) is 8.63. The van der Waals surface area contributed by atoms with Crippen molar-refractivity contribution in [1.29, 1.82) is 0 Å². The number of hydrogen-bond donors (Lipinski definition) is 0. The van der Waals surface area contributed by atoms with Crippen LogP contribution in [-0.4, -0.2) is 33.3 Å². The number of benzene rings is 3. The van der Waals surface area contributed by atoms with Gasteiger partial charge in [0.15, 0.2) is 16.7 Å². The summed E-state index contributed by atoms with van der Waals surface area (Å²) in [5.41, 5.74) is 4.95. The first-order chi connectivity index (χ1) is 17.7. The van der Waals surface area contributed by atoms with Crippen LogP contribution < -0.4 is 9.47 Å². The Morgan fingerprint density at radius 2 is 1.68 bits per heavy atom. The van der Waals surface area contributed by atoms with Gasteiger partial charge in [-0.1, -0.05) is 59.3 Å². The maximum Gasteiger partial charge on any atom is 0.220 e. The van der Waals surface area contributed by atoms with Crippen LogP contribution in [-0.2, 0) is 6.61 Å². The Hall–Kier alpha value is -3.37. The van der Waals surface area contributed by atoms with E-state index in [0.29, 0.717) is 39.1 Å². The third-order valence-electron chi connectivity index (χ3n) is 5.78. The van der Waals surface area contributed by atoms with Crippen molar-refractivity contribution in [3.63, 3.8) is 0 Å². The molecule has 1 aromatic heterocycles. The van der Waals surface area contributed by atoms with Gasteiger partial charge in [-0.25, -0.2) is 0 Å². The number of aromatic nitrogens is 3. The van der Waals surface area contributed by atoms with Gasteiger partial charge < -0.3 is 9.47 Å². The predicted molar refractivity (Wildman–Crippen MR) is 147 cm³/mol. The maximum atomic E-state index is 11.6. The zero-order valence-corrected chi connectivity index (χ0v) is 23.4. The predicted octanol–water partition coefficient (Wildman–Crippen LogP) is 6.65. The molecular formula is C27H27BrN4O4S. The molecule has 1 atom stereocenters. The molecule has 0 saturated carbocycles. The lowest BCUT2D eigenvalue weighted by Crippen LogP contribution is -2.12. The molecule has 37 heavy (non-hydrogen) atoms. The summed E-state index contributed by atoms with van der Waals surface area (Å²) in [4.78, 5) is 11.3. The first kappa shape index (κ1) is 26.7. The van der Waals surface area contributed by atoms with Crippen LogP contribution in [0.15, 0.2) is 70.3 Å². The number of aryl methyl sites for hydroxylation is 3. The van der Waals surface area contributed by atoms with E-state index in [-0.39, 0.29) is 11.5 Å². The molecule has 10 heteroatoms. The first-order valence-electron chi connectivity index (χ1n) is 11.6. The number of nitrogens with zero attached hydrogens (tertiary/aromatic N) is 4. The summed E-state index contributed by atoms with van der Waals surface area (Å²) in [6.07, 6.45) is 0. The average Bonchev–Trinajstić information content (AvgIpc) is 3.23. The molecule has 8 nitrogen and oxygen atoms in total. The van der Waals surface area contributed by atoms with Gasteiger partial charge in [-0.15, -0.1) is 10.2 Å². The molecule has 4 aromatic rings. The van der Waals surface area contributed by atoms with Crippen LogP contribution in [0.1, 0.15) is 33.3 Å². The minimum atomic E-state index is -0.542. The molecule has 0 N–H and O–H groups in total. The largest absolute Gasteiger partial charge is 0.493 e. The van der Waals surface area contributed by atoms with Crippen LogP contribution in [0.4, 0.5) is 0 Å². The molecule has 0 amide bonds. The number of ether oxygens (including phenoxy) is 2. The van der Waals surface area contributed by atoms with E-state index in [0.717, 1.165) is 16.8 Å². The third kappa shape index (κ3) is 6.50. The summed E-state index contributed by atoms with van der Waals surface area (Å²) in [5.74, 6) is 1.72. The fourth-order valence-electron chi connectivity index (χ4n) is 3.79. The molecule has 0 unspecified atom stereocenters. The zero-order valence-electron chi connectivity index (χ0n) is 21.0. The van der Waals surface area contributed by atoms with Crippen LogP contribution in [0, 0.1) is 30.9 Å². The molecule has 0 aliphatic rings. The molecule has 3 aromatic carbocycles. The van der Waals surface area contributed by atoms with E-state index in [4.69, 9.17) is 9.47 Å². The van der Waals surface area contributed by atoms with Crippen LogP contribution in [0.3, 0.4) is 0 Å². The SMILES string of the molecule is COc1cc([C@H](C[N+](=O)[O-])Sc2nnc(C)n2-c2ccc(C)cc2)cc(Br)c1OCc1ccc(C)cc1. The van der Waals surface area contributed by atoms with Gasteiger partial charge in [-0.3, -0.25) is 14.7 Å². The fraction of sp³-hybridized carbons (Fsp3) is 0.259. The van der Waals surface area contributed by atoms with Crippen molar-refractivity contribution < 1.29 is 14.4 Å². The monoisotopic (exact) mass is 582 g/mol. The lowest BCUT2D eigenvalue weighted by atomic mass is 10.1. The van der Waals surface area contributed by atoms with Crippen molar-refractivity contribution in [1.82, 2.24) is 14.8 Å². The molecule has 0 radical (unpaired) electrons. The zero-order chi connectivity index (χ0) is 26.5. The highest BCUT2D eigenvalue weighted by Gasteiger charge is 2.26. The fourth-order valence-corrected chi connectivity index (χ4v) is 5.52. The van der Waals surface area contributed by atoms with Crippen molar-refractivity contribution in [2.45, 2.75) is 37.8 Å². The van der Waals surface area contributed by atoms with Crippen LogP contribution in [0.25, 0.3) is 5.69 Å². The molecule has 0 spiro atoms. The Morgan fingerprint density at radius 1 is 1.03 bits per heavy atom. The Balaban J connectivity index is 1.64. The molecule has 1 heterocycles. The molecule has 4 rings (SSSR count). The van der Waals surface area contributed by atoms with E-state index in [1.807, 2.05) is 79.9 Å². The lowest BCUT2D eigenvalue weighted by Gasteiger charge is -2.18. The van der Waals surface area contributed by atoms with Crippen molar-refractivity contribution >= 4 is 27.7 Å². The molecule has 192 valence electrons. The standard InChI is InChI=1S/C27H27BrN4O4S/c1-17-5-9-20(10-6-17)16-36-26-23(28)13-21(14-24(26)35-4)25(15-31(33)34)37-27-30-29-19(3)32(27)22-11-7-18(2)8-12-22/h5-14,25H,15-16H2,1-4H3/t25-/m0/s1. The quantitative estimate of drug-likeness (QED) is 0.117. The van der Waals surface area contributed by atoms with Gasteiger partial charge in [0.1, 0.15) is 17.7 Å². The van der Waals surface area contributed by atoms with Crippen LogP contribution in [0.5, 0.6) is 11.5 Å². The normalized spacial score (nSPS) is 11.8. The van der Waals surface area contributed by atoms with E-state index >= 15 is 0 Å². The molecule has 0 saturated heterocycles. The van der Waals surface area contributed by atoms with E-state index < -0.39 is 5.25 Å². The number of thioether (sulfide) groups is 1. The minimum absolute atomic E-state index is 0.302. The van der Waals surface area contributed by atoms with Gasteiger partial charge in [0.25, 0.3) is 0 Å². The highest BCUT2D eigenvalue weighted by Crippen LogP contribution is 2.43. The van der Waals surface area contributed by atoms with E-state index in [1.165, 1.54) is 17.3 Å². The Bertz CT molecular complexity index is 1390. The highest BCUT2D eigenvalue weighted by atomic mass is 79.9. The Labute approximate surface area is 228 Å². The minimum Gasteiger partial charge on any atom is -0.493 e. The summed E-state index contributed by atoms with van der Waals surface area (Å²) < 4.78 is 14.2. The second kappa shape index (κ2) is 11.8. The topological polar surface area (TPSA) is 92.3 Å². The number of methoxy groups -OCH3 is 1. The Kier molecular flexibility index (Phi) is 8.50. The number of hydrogen-bond acceptors (Lipinski definition) is 7. The molecule has 0 fully saturated rings. The van der Waals surface area contributed by atoms with Crippen molar-refractivity contribution in [2.24, 2.45) is 0 Å². The summed E-state index contributed by atoms with van der Waals surface area (Å²) in [6.45, 7) is 5.97. The molecular weight excluding hydrogens is 556 g/mol. The van der Waals surface area contributed by atoms with Gasteiger partial charge in [0.2, 0.25) is 6.54 Å².